The summed E-state index contributed by atoms with van der Waals surface area (Å²) in [6, 6.07) is 11.8. The van der Waals surface area contributed by atoms with E-state index >= 15 is 4.39 Å². The molecule has 3 saturated heterocycles. The van der Waals surface area contributed by atoms with Gasteiger partial charge in [-0.1, -0.05) is 35.3 Å². The number of aryl methyl sites for hydroxylation is 3. The zero-order valence-electron chi connectivity index (χ0n) is 29.4. The highest BCUT2D eigenvalue weighted by molar-refractivity contribution is 6.43. The summed E-state index contributed by atoms with van der Waals surface area (Å²) in [5.74, 6) is -0.414. The number of pyridine rings is 1. The van der Waals surface area contributed by atoms with Crippen LogP contribution >= 0.6 is 23.2 Å². The van der Waals surface area contributed by atoms with Crippen molar-refractivity contribution in [3.8, 4) is 23.1 Å². The molecule has 0 radical (unpaired) electrons. The summed E-state index contributed by atoms with van der Waals surface area (Å²) < 4.78 is 67.3. The van der Waals surface area contributed by atoms with Gasteiger partial charge in [0.15, 0.2) is 11.5 Å². The van der Waals surface area contributed by atoms with E-state index in [4.69, 9.17) is 32.9 Å². The lowest BCUT2D eigenvalue weighted by atomic mass is 9.79. The van der Waals surface area contributed by atoms with Crippen LogP contribution < -0.4 is 10.1 Å². The number of likely N-dealkylation sites (tertiary alicyclic amines) is 1. The summed E-state index contributed by atoms with van der Waals surface area (Å²) in [5, 5.41) is 18.7. The first kappa shape index (κ1) is 35.3. The molecule has 5 atom stereocenters. The number of halogens is 6. The first-order chi connectivity index (χ1) is 25.8. The number of hydrogen-bond acceptors (Lipinski definition) is 6. The Hall–Kier alpha value is -4.38. The Kier molecular flexibility index (Phi) is 8.41. The molecule has 2 aliphatic carbocycles. The molecule has 2 aromatic carbocycles. The zero-order chi connectivity index (χ0) is 37.8. The lowest BCUT2D eigenvalue weighted by Crippen LogP contribution is -2.41. The number of aromatic nitrogens is 4. The molecular formula is C39H35Cl2F4N7O2. The third-order valence-electron chi connectivity index (χ3n) is 11.7. The average Bonchev–Trinajstić information content (AvgIpc) is 3.53. The van der Waals surface area contributed by atoms with Crippen molar-refractivity contribution in [3.63, 3.8) is 0 Å². The quantitative estimate of drug-likeness (QED) is 0.159. The number of nitrogens with one attached hydrogen (secondary N) is 1. The van der Waals surface area contributed by atoms with E-state index in [1.165, 1.54) is 7.05 Å². The monoisotopic (exact) mass is 779 g/mol. The third kappa shape index (κ3) is 5.63. The molecule has 3 aliphatic heterocycles. The second kappa shape index (κ2) is 12.9. The molecular weight excluding hydrogens is 745 g/mol. The number of nitrogens with zero attached hydrogens (tertiary/aromatic N) is 6. The smallest absolute Gasteiger partial charge is 0.435 e. The van der Waals surface area contributed by atoms with Gasteiger partial charge in [0.2, 0.25) is 11.8 Å². The highest BCUT2D eigenvalue weighted by Crippen LogP contribution is 2.51. The summed E-state index contributed by atoms with van der Waals surface area (Å²) in [5.41, 5.74) is 2.61. The van der Waals surface area contributed by atoms with Gasteiger partial charge in [-0.2, -0.15) is 23.5 Å². The fourth-order valence-electron chi connectivity index (χ4n) is 8.94. The lowest BCUT2D eigenvalue weighted by molar-refractivity contribution is -0.141. The van der Waals surface area contributed by atoms with Crippen molar-refractivity contribution in [2.45, 2.75) is 75.9 Å². The number of rotatable bonds is 8. The number of carbonyl (C=O) groups excluding carboxylic acids is 1. The van der Waals surface area contributed by atoms with Gasteiger partial charge >= 0.3 is 6.18 Å². The Morgan fingerprint density at radius 1 is 1.15 bits per heavy atom. The van der Waals surface area contributed by atoms with Gasteiger partial charge in [0.1, 0.15) is 11.6 Å². The largest absolute Gasteiger partial charge is 0.473 e. The van der Waals surface area contributed by atoms with Crippen LogP contribution in [0.2, 0.25) is 10.0 Å². The van der Waals surface area contributed by atoms with Crippen molar-refractivity contribution in [3.05, 3.63) is 74.9 Å². The molecule has 15 heteroatoms. The van der Waals surface area contributed by atoms with Gasteiger partial charge in [-0.3, -0.25) is 4.79 Å². The molecule has 1 amide bonds. The van der Waals surface area contributed by atoms with Gasteiger partial charge in [-0.25, -0.2) is 14.1 Å². The molecule has 5 aromatic rings. The Morgan fingerprint density at radius 3 is 2.61 bits per heavy atom. The molecule has 5 fully saturated rings. The fraction of sp³-hybridized carbons (Fsp3) is 0.436. The van der Waals surface area contributed by atoms with Crippen LogP contribution in [0.3, 0.4) is 0 Å². The van der Waals surface area contributed by atoms with E-state index in [-0.39, 0.29) is 70.3 Å². The lowest BCUT2D eigenvalue weighted by Gasteiger charge is -2.39. The van der Waals surface area contributed by atoms with E-state index < -0.39 is 29.8 Å². The van der Waals surface area contributed by atoms with Gasteiger partial charge in [0.25, 0.3) is 0 Å². The van der Waals surface area contributed by atoms with Crippen LogP contribution in [0.1, 0.15) is 66.8 Å². The minimum absolute atomic E-state index is 0.00817. The molecule has 3 aromatic heterocycles. The summed E-state index contributed by atoms with van der Waals surface area (Å²) in [7, 11) is 1.40. The van der Waals surface area contributed by atoms with Gasteiger partial charge in [-0.15, -0.1) is 0 Å². The van der Waals surface area contributed by atoms with Gasteiger partial charge in [0, 0.05) is 77.7 Å². The van der Waals surface area contributed by atoms with Crippen LogP contribution in [0, 0.1) is 35.9 Å². The van der Waals surface area contributed by atoms with Crippen LogP contribution in [0.25, 0.3) is 32.9 Å². The van der Waals surface area contributed by atoms with E-state index in [9.17, 15) is 23.2 Å². The van der Waals surface area contributed by atoms with Crippen LogP contribution in [0.15, 0.2) is 36.4 Å². The molecule has 54 heavy (non-hydrogen) atoms. The first-order valence-corrected chi connectivity index (χ1v) is 18.9. The van der Waals surface area contributed by atoms with Crippen molar-refractivity contribution in [1.29, 1.82) is 5.26 Å². The first-order valence-electron chi connectivity index (χ1n) is 18.1. The van der Waals surface area contributed by atoms with Gasteiger partial charge in [0.05, 0.1) is 40.3 Å². The molecule has 2 bridgehead atoms. The normalized spacial score (nSPS) is 23.7. The van der Waals surface area contributed by atoms with Crippen molar-refractivity contribution in [2.75, 3.05) is 13.1 Å². The third-order valence-corrected chi connectivity index (χ3v) is 12.5. The van der Waals surface area contributed by atoms with E-state index in [1.807, 2.05) is 17.9 Å². The number of carbonyl (C=O) groups is 1. The number of benzene rings is 2. The van der Waals surface area contributed by atoms with Crippen LogP contribution in [-0.4, -0.2) is 55.4 Å². The summed E-state index contributed by atoms with van der Waals surface area (Å²) >= 11 is 13.0. The van der Waals surface area contributed by atoms with Crippen molar-refractivity contribution >= 4 is 50.9 Å². The fourth-order valence-corrected chi connectivity index (χ4v) is 9.33. The predicted octanol–water partition coefficient (Wildman–Crippen LogP) is 8.48. The number of hydrogen-bond donors (Lipinski definition) is 1. The minimum Gasteiger partial charge on any atom is -0.473 e. The topological polar surface area (TPSA) is 101 Å². The molecule has 5 aliphatic rings. The summed E-state index contributed by atoms with van der Waals surface area (Å²) in [6.45, 7) is 2.85. The standard InChI is InChI=1S/C39H35Cl2F4N7O2/c1-18-24-14-29(28-13-22(17-51(28)38(53)19-8-9-19)54-31-15-30(39(43,44)45)49-50(31)2)52(36-21-12-27(36)47-16-21)37(24)25-11-20(5-4-10-46)32(34(42)35(25)48-18)23-6-3-7-26(40)33(23)41/h3,6-7,11,14-15,19,21-22,27-28,36,47H,4-5,8-9,12-13,16-17H2,1-2H3. The highest BCUT2D eigenvalue weighted by atomic mass is 35.5. The second-order valence-electron chi connectivity index (χ2n) is 15.0. The summed E-state index contributed by atoms with van der Waals surface area (Å²) in [6.07, 6.45) is -1.96. The van der Waals surface area contributed by atoms with E-state index in [1.54, 1.807) is 18.2 Å². The van der Waals surface area contributed by atoms with Crippen LogP contribution in [-0.2, 0) is 24.4 Å². The van der Waals surface area contributed by atoms with Crippen molar-refractivity contribution < 1.29 is 27.1 Å². The van der Waals surface area contributed by atoms with E-state index in [0.29, 0.717) is 34.5 Å². The minimum atomic E-state index is -4.63. The number of alkyl halides is 3. The van der Waals surface area contributed by atoms with Crippen LogP contribution in [0.4, 0.5) is 17.6 Å². The van der Waals surface area contributed by atoms with Crippen LogP contribution in [0.5, 0.6) is 5.88 Å². The molecule has 1 N–H and O–H groups in total. The molecule has 0 spiro atoms. The summed E-state index contributed by atoms with van der Waals surface area (Å²) in [4.78, 5) is 20.6. The van der Waals surface area contributed by atoms with E-state index in [0.717, 1.165) is 53.2 Å². The maximum Gasteiger partial charge on any atom is 0.435 e. The Labute approximate surface area is 317 Å². The van der Waals surface area contributed by atoms with Crippen molar-refractivity contribution in [2.24, 2.45) is 18.9 Å². The molecule has 9 nitrogen and oxygen atoms in total. The Bertz CT molecular complexity index is 2400. The predicted molar refractivity (Wildman–Crippen MR) is 195 cm³/mol. The highest BCUT2D eigenvalue weighted by Gasteiger charge is 2.51. The zero-order valence-corrected chi connectivity index (χ0v) is 30.9. The Balaban J connectivity index is 1.23. The number of nitriles is 1. The molecule has 280 valence electrons. The maximum atomic E-state index is 17.2. The molecule has 2 saturated carbocycles. The molecule has 5 unspecified atom stereocenters. The second-order valence-corrected chi connectivity index (χ2v) is 15.8. The number of amides is 1. The van der Waals surface area contributed by atoms with Crippen molar-refractivity contribution in [1.82, 2.24) is 29.5 Å². The maximum absolute atomic E-state index is 17.2. The number of ether oxygens (including phenoxy) is 1. The van der Waals surface area contributed by atoms with E-state index in [2.05, 4.69) is 27.1 Å². The SMILES string of the molecule is Cc1nc2c(F)c(-c3cccc(Cl)c3Cl)c(CCC#N)cc2c2c1cc(C1CC(Oc3cc(C(F)(F)F)nn3C)CN1C(=O)C1CC1)n2C1C2CNC1C2. The average molecular weight is 781 g/mol. The van der Waals surface area contributed by atoms with Gasteiger partial charge < -0.3 is 19.5 Å². The Morgan fingerprint density at radius 2 is 1.94 bits per heavy atom. The number of fused-ring (bicyclic) bond motifs is 4. The van der Waals surface area contributed by atoms with Gasteiger partial charge in [-0.05, 0) is 62.3 Å². The molecule has 6 heterocycles. The molecule has 10 rings (SSSR count).